The van der Waals surface area contributed by atoms with Crippen LogP contribution >= 0.6 is 20.1 Å². The molecule has 4 heteroatoms. The first kappa shape index (κ1) is 69.7. The molecule has 0 saturated carbocycles. The molecule has 0 unspecified atom stereocenters. The molecule has 0 aliphatic carbocycles. The SMILES string of the molecule is N/C(=C\C(=NCc1cc(S(c2cccc(-c3ccccc3)c2)(c2cccc(-c3ccccc3)c2)c2cccc(-c3ccccc3)c2)cc(S(c2cccc(-c3ccccc3)c2)(c2cccc(-c3ccccc3)c2)c2cccc(-c3ccccc3)c2)c1)c1cccc(-c2ccccc2)c1)c1cccc(-c2ccccc2)c1. The quantitative estimate of drug-likeness (QED) is 0.0716. The van der Waals surface area contributed by atoms with E-state index in [4.69, 9.17) is 10.7 Å². The largest absolute Gasteiger partial charge is 0.398 e. The van der Waals surface area contributed by atoms with Crippen LogP contribution in [-0.4, -0.2) is 5.71 Å². The number of nitrogens with zero attached hydrogens (tertiary/aromatic N) is 1. The van der Waals surface area contributed by atoms with Crippen LogP contribution in [-0.2, 0) is 6.54 Å². The fourth-order valence-electron chi connectivity index (χ4n) is 15.3. The summed E-state index contributed by atoms with van der Waals surface area (Å²) in [7, 11) is -5.37. The van der Waals surface area contributed by atoms with Crippen LogP contribution in [0, 0.1) is 0 Å². The fraction of sp³-hybridized carbons (Fsp3) is 0.00943. The Morgan fingerprint density at radius 3 is 0.664 bits per heavy atom. The smallest absolute Gasteiger partial charge is 0.0671 e. The maximum absolute atomic E-state index is 7.56. The van der Waals surface area contributed by atoms with Gasteiger partial charge in [-0.1, -0.05) is 352 Å². The van der Waals surface area contributed by atoms with Crippen LogP contribution in [0.5, 0.6) is 0 Å². The Kier molecular flexibility index (Phi) is 20.3. The van der Waals surface area contributed by atoms with E-state index in [1.165, 1.54) is 29.4 Å². The van der Waals surface area contributed by atoms with Crippen LogP contribution in [0.15, 0.2) is 505 Å². The van der Waals surface area contributed by atoms with Gasteiger partial charge in [0.25, 0.3) is 0 Å². The number of benzene rings is 17. The normalized spacial score (nSPS) is 12.1. The lowest BCUT2D eigenvalue weighted by Gasteiger charge is -2.46. The van der Waals surface area contributed by atoms with Crippen molar-refractivity contribution < 1.29 is 0 Å². The summed E-state index contributed by atoms with van der Waals surface area (Å²) in [5, 5.41) is 0. The second kappa shape index (κ2) is 32.0. The molecule has 17 aromatic rings. The molecule has 526 valence electrons. The number of nitrogens with two attached hydrogens (primary N) is 1. The third-order valence-electron chi connectivity index (χ3n) is 20.7. The zero-order valence-corrected chi connectivity index (χ0v) is 62.6. The molecule has 2 nitrogen and oxygen atoms in total. The molecule has 0 aliphatic rings. The first-order valence-electron chi connectivity index (χ1n) is 37.5. The van der Waals surface area contributed by atoms with Crippen LogP contribution in [0.3, 0.4) is 0 Å². The van der Waals surface area contributed by atoms with E-state index in [9.17, 15) is 0 Å². The molecule has 0 spiro atoms. The summed E-state index contributed by atoms with van der Waals surface area (Å²) in [5.41, 5.74) is 29.9. The van der Waals surface area contributed by atoms with Crippen LogP contribution in [0.4, 0.5) is 0 Å². The topological polar surface area (TPSA) is 38.4 Å². The molecule has 0 radical (unpaired) electrons. The van der Waals surface area contributed by atoms with Gasteiger partial charge in [0, 0.05) is 50.4 Å². The van der Waals surface area contributed by atoms with Crippen LogP contribution in [0.1, 0.15) is 16.7 Å². The summed E-state index contributed by atoms with van der Waals surface area (Å²) < 4.78 is 0. The minimum absolute atomic E-state index is 0.279. The first-order chi connectivity index (χ1) is 54.4. The molecule has 0 saturated heterocycles. The van der Waals surface area contributed by atoms with E-state index in [0.717, 1.165) is 121 Å². The van der Waals surface area contributed by atoms with E-state index in [2.05, 4.69) is 461 Å². The lowest BCUT2D eigenvalue weighted by Crippen LogP contribution is -2.11. The zero-order chi connectivity index (χ0) is 73.9. The van der Waals surface area contributed by atoms with E-state index in [0.29, 0.717) is 5.70 Å². The summed E-state index contributed by atoms with van der Waals surface area (Å²) in [5.74, 6) is 0. The molecule has 110 heavy (non-hydrogen) atoms. The van der Waals surface area contributed by atoms with Gasteiger partial charge < -0.3 is 5.73 Å². The first-order valence-corrected chi connectivity index (χ1v) is 40.7. The van der Waals surface area contributed by atoms with Crippen molar-refractivity contribution in [2.24, 2.45) is 10.7 Å². The lowest BCUT2D eigenvalue weighted by atomic mass is 9.98. The van der Waals surface area contributed by atoms with Gasteiger partial charge in [-0.25, -0.2) is 0 Å². The number of aliphatic imine (C=N–C) groups is 1. The summed E-state index contributed by atoms with van der Waals surface area (Å²) >= 11 is 0. The Morgan fingerprint density at radius 2 is 0.409 bits per heavy atom. The van der Waals surface area contributed by atoms with Gasteiger partial charge >= 0.3 is 0 Å². The summed E-state index contributed by atoms with van der Waals surface area (Å²) in [6.07, 6.45) is 2.10. The minimum Gasteiger partial charge on any atom is -0.398 e. The van der Waals surface area contributed by atoms with Gasteiger partial charge in [-0.2, -0.15) is 0 Å². The Hall–Kier alpha value is -13.4. The van der Waals surface area contributed by atoms with Crippen molar-refractivity contribution in [1.29, 1.82) is 0 Å². The number of allylic oxidation sites excluding steroid dienone is 1. The predicted octanol–water partition coefficient (Wildman–Crippen LogP) is 28.7. The molecule has 0 bridgehead atoms. The molecule has 0 fully saturated rings. The summed E-state index contributed by atoms with van der Waals surface area (Å²) in [6.45, 7) is 0.279. The average molecular weight is 1450 g/mol. The molecule has 17 aromatic carbocycles. The average Bonchev–Trinajstić information content (AvgIpc) is 0.706. The van der Waals surface area contributed by atoms with Crippen LogP contribution in [0.2, 0.25) is 0 Å². The van der Waals surface area contributed by atoms with Gasteiger partial charge in [0.1, 0.15) is 0 Å². The van der Waals surface area contributed by atoms with Crippen molar-refractivity contribution in [1.82, 2.24) is 0 Å². The molecule has 0 atom stereocenters. The Labute approximate surface area is 649 Å². The Morgan fingerprint density at radius 1 is 0.200 bits per heavy atom. The Balaban J connectivity index is 1.03. The lowest BCUT2D eigenvalue weighted by molar-refractivity contribution is 1.03. The Bertz CT molecular complexity index is 5430. The highest BCUT2D eigenvalue weighted by molar-refractivity contribution is 8.34. The molecule has 17 rings (SSSR count). The molecule has 2 N–H and O–H groups in total. The number of hydrogen-bond acceptors (Lipinski definition) is 2. The third-order valence-corrected chi connectivity index (χ3v) is 28.4. The molecule has 0 aromatic heterocycles. The fourth-order valence-corrected chi connectivity index (χ4v) is 23.4. The number of rotatable bonds is 21. The van der Waals surface area contributed by atoms with Crippen molar-refractivity contribution in [3.8, 4) is 89.0 Å². The maximum Gasteiger partial charge on any atom is 0.0671 e. The maximum atomic E-state index is 7.56. The van der Waals surface area contributed by atoms with Gasteiger partial charge in [0.15, 0.2) is 0 Å². The highest BCUT2D eigenvalue weighted by Crippen LogP contribution is 2.78. The molecular formula is C106H80N2S2. The van der Waals surface area contributed by atoms with Gasteiger partial charge in [-0.05, 0) is 209 Å². The summed E-state index contributed by atoms with van der Waals surface area (Å²) in [6, 6.07) is 168. The molecule has 0 heterocycles. The van der Waals surface area contributed by atoms with Gasteiger partial charge in [0.2, 0.25) is 0 Å². The molecule has 0 amide bonds. The molecular weight excluding hydrogens is 1370 g/mol. The van der Waals surface area contributed by atoms with Crippen molar-refractivity contribution in [3.63, 3.8) is 0 Å². The van der Waals surface area contributed by atoms with Crippen LogP contribution < -0.4 is 5.73 Å². The van der Waals surface area contributed by atoms with E-state index < -0.39 is 20.1 Å². The standard InChI is InChI=1S/C106H80N2S2/c107-105(95-57-25-49-87(67-95)79-33-9-1-10-34-79)76-106(96-58-26-50-88(68-96)80-35-11-2-12-36-80)108-77-78-65-103(109(97-59-27-51-89(69-97)81-37-13-3-14-38-81,98-60-28-52-90(70-98)82-39-15-4-16-40-82)99-61-29-53-91(71-99)83-41-17-5-18-42-83)75-104(66-78)110(100-62-30-54-92(72-100)84-43-19-6-20-44-84,101-63-31-55-93(73-101)85-45-21-7-22-46-85)102-64-32-56-94(74-102)86-47-23-8-24-48-86/h1-76H,77,107H2/b105-76-,108-106?. The van der Waals surface area contributed by atoms with Crippen molar-refractivity contribution in [2.45, 2.75) is 45.7 Å². The third kappa shape index (κ3) is 14.5. The highest BCUT2D eigenvalue weighted by Gasteiger charge is 2.40. The van der Waals surface area contributed by atoms with Gasteiger partial charge in [-0.15, -0.1) is 20.1 Å². The molecule has 0 aliphatic heterocycles. The summed E-state index contributed by atoms with van der Waals surface area (Å²) in [4.78, 5) is 15.5. The second-order valence-corrected chi connectivity index (χ2v) is 33.8. The van der Waals surface area contributed by atoms with Crippen LogP contribution in [0.25, 0.3) is 94.7 Å². The van der Waals surface area contributed by atoms with Crippen molar-refractivity contribution >= 4 is 31.5 Å². The van der Waals surface area contributed by atoms with E-state index >= 15 is 0 Å². The van der Waals surface area contributed by atoms with E-state index in [1.807, 2.05) is 0 Å². The van der Waals surface area contributed by atoms with E-state index in [1.54, 1.807) is 0 Å². The number of hydrogen-bond donors (Lipinski definition) is 1. The second-order valence-electron chi connectivity index (χ2n) is 27.6. The zero-order valence-electron chi connectivity index (χ0n) is 60.9. The predicted molar refractivity (Wildman–Crippen MR) is 465 cm³/mol. The van der Waals surface area contributed by atoms with E-state index in [-0.39, 0.29) is 6.54 Å². The van der Waals surface area contributed by atoms with Crippen molar-refractivity contribution in [3.05, 3.63) is 478 Å². The van der Waals surface area contributed by atoms with Gasteiger partial charge in [-0.3, -0.25) is 4.99 Å². The minimum atomic E-state index is -2.68. The highest BCUT2D eigenvalue weighted by atomic mass is 32.3. The van der Waals surface area contributed by atoms with Crippen molar-refractivity contribution in [2.75, 3.05) is 0 Å². The monoisotopic (exact) mass is 1440 g/mol. The van der Waals surface area contributed by atoms with Gasteiger partial charge in [0.05, 0.1) is 12.3 Å².